The average molecular weight is 185 g/mol. The summed E-state index contributed by atoms with van der Waals surface area (Å²) in [5.41, 5.74) is 8.32. The molecule has 0 saturated carbocycles. The van der Waals surface area contributed by atoms with Crippen molar-refractivity contribution in [2.24, 2.45) is 5.73 Å². The number of hydrogen-bond acceptors (Lipinski definition) is 1. The van der Waals surface area contributed by atoms with Crippen molar-refractivity contribution in [3.8, 4) is 0 Å². The van der Waals surface area contributed by atoms with Crippen LogP contribution in [0.4, 0.5) is 0 Å². The first kappa shape index (κ1) is 9.22. The van der Waals surface area contributed by atoms with E-state index in [1.165, 1.54) is 21.9 Å². The highest BCUT2D eigenvalue weighted by atomic mass is 14.5. The zero-order chi connectivity index (χ0) is 9.97. The Morgan fingerprint density at radius 3 is 2.71 bits per heavy atom. The van der Waals surface area contributed by atoms with Crippen LogP contribution in [0.5, 0.6) is 0 Å². The van der Waals surface area contributed by atoms with Gasteiger partial charge in [-0.05, 0) is 28.3 Å². The van der Waals surface area contributed by atoms with E-state index in [9.17, 15) is 0 Å². The van der Waals surface area contributed by atoms with Gasteiger partial charge in [0, 0.05) is 6.54 Å². The van der Waals surface area contributed by atoms with Crippen LogP contribution in [0.15, 0.2) is 36.4 Å². The minimum Gasteiger partial charge on any atom is -0.326 e. The molecule has 0 heterocycles. The second kappa shape index (κ2) is 3.81. The lowest BCUT2D eigenvalue weighted by atomic mass is 10.0. The van der Waals surface area contributed by atoms with E-state index < -0.39 is 0 Å². The predicted octanol–water partition coefficient (Wildman–Crippen LogP) is 2.86. The van der Waals surface area contributed by atoms with E-state index in [0.717, 1.165) is 6.42 Å². The van der Waals surface area contributed by atoms with Crippen molar-refractivity contribution in [1.82, 2.24) is 0 Å². The average Bonchev–Trinajstić information content (AvgIpc) is 2.27. The van der Waals surface area contributed by atoms with Gasteiger partial charge in [0.1, 0.15) is 0 Å². The summed E-state index contributed by atoms with van der Waals surface area (Å²) in [4.78, 5) is 0. The fraction of sp³-hybridized carbons (Fsp3) is 0.231. The molecule has 0 spiro atoms. The Hall–Kier alpha value is -1.34. The summed E-state index contributed by atoms with van der Waals surface area (Å²) in [6.07, 6.45) is 1.08. The van der Waals surface area contributed by atoms with E-state index in [0.29, 0.717) is 6.54 Å². The molecule has 2 aromatic carbocycles. The van der Waals surface area contributed by atoms with Crippen molar-refractivity contribution >= 4 is 10.8 Å². The van der Waals surface area contributed by atoms with Crippen LogP contribution in [0.25, 0.3) is 10.8 Å². The Labute approximate surface area is 84.5 Å². The van der Waals surface area contributed by atoms with Crippen LogP contribution < -0.4 is 5.73 Å². The van der Waals surface area contributed by atoms with Crippen molar-refractivity contribution < 1.29 is 0 Å². The summed E-state index contributed by atoms with van der Waals surface area (Å²) in [6, 6.07) is 12.9. The molecule has 0 unspecified atom stereocenters. The molecule has 0 aliphatic carbocycles. The number of hydrogen-bond donors (Lipinski definition) is 1. The maximum atomic E-state index is 5.71. The number of benzene rings is 2. The highest BCUT2D eigenvalue weighted by molar-refractivity contribution is 5.86. The Morgan fingerprint density at radius 1 is 1.14 bits per heavy atom. The van der Waals surface area contributed by atoms with Crippen LogP contribution in [0.1, 0.15) is 18.1 Å². The van der Waals surface area contributed by atoms with Gasteiger partial charge in [-0.2, -0.15) is 0 Å². The fourth-order valence-electron chi connectivity index (χ4n) is 1.78. The van der Waals surface area contributed by atoms with E-state index >= 15 is 0 Å². The molecular weight excluding hydrogens is 170 g/mol. The van der Waals surface area contributed by atoms with E-state index in [1.807, 2.05) is 0 Å². The van der Waals surface area contributed by atoms with Gasteiger partial charge >= 0.3 is 0 Å². The van der Waals surface area contributed by atoms with Crippen molar-refractivity contribution in [2.75, 3.05) is 0 Å². The minimum atomic E-state index is 0.616. The molecule has 14 heavy (non-hydrogen) atoms. The normalized spacial score (nSPS) is 10.7. The lowest BCUT2D eigenvalue weighted by molar-refractivity contribution is 1.08. The van der Waals surface area contributed by atoms with E-state index in [-0.39, 0.29) is 0 Å². The lowest BCUT2D eigenvalue weighted by Crippen LogP contribution is -1.97. The molecule has 0 atom stereocenters. The Bertz CT molecular complexity index is 446. The van der Waals surface area contributed by atoms with Gasteiger partial charge < -0.3 is 5.73 Å². The molecule has 0 aliphatic rings. The van der Waals surface area contributed by atoms with E-state index in [4.69, 9.17) is 5.73 Å². The highest BCUT2D eigenvalue weighted by Gasteiger charge is 1.99. The van der Waals surface area contributed by atoms with Gasteiger partial charge in [-0.25, -0.2) is 0 Å². The predicted molar refractivity (Wildman–Crippen MR) is 61.2 cm³/mol. The number of aryl methyl sites for hydroxylation is 1. The smallest absolute Gasteiger partial charge is 0.0184 e. The molecule has 1 heteroatoms. The second-order valence-corrected chi connectivity index (χ2v) is 3.53. The van der Waals surface area contributed by atoms with Crippen LogP contribution in [0.3, 0.4) is 0 Å². The van der Waals surface area contributed by atoms with Gasteiger partial charge in [0.2, 0.25) is 0 Å². The van der Waals surface area contributed by atoms with E-state index in [1.54, 1.807) is 0 Å². The van der Waals surface area contributed by atoms with Crippen molar-refractivity contribution in [3.63, 3.8) is 0 Å². The molecular formula is C13H15N. The first-order chi connectivity index (χ1) is 6.85. The highest BCUT2D eigenvalue weighted by Crippen LogP contribution is 2.20. The molecule has 72 valence electrons. The number of nitrogens with two attached hydrogens (primary N) is 1. The third-order valence-electron chi connectivity index (χ3n) is 2.67. The van der Waals surface area contributed by atoms with Gasteiger partial charge in [-0.15, -0.1) is 0 Å². The van der Waals surface area contributed by atoms with Crippen LogP contribution in [-0.4, -0.2) is 0 Å². The van der Waals surface area contributed by atoms with Gasteiger partial charge in [0.25, 0.3) is 0 Å². The van der Waals surface area contributed by atoms with Crippen LogP contribution >= 0.6 is 0 Å². The first-order valence-electron chi connectivity index (χ1n) is 5.05. The summed E-state index contributed by atoms with van der Waals surface area (Å²) in [5.74, 6) is 0. The third kappa shape index (κ3) is 1.51. The molecule has 0 saturated heterocycles. The zero-order valence-electron chi connectivity index (χ0n) is 8.46. The number of rotatable bonds is 2. The summed E-state index contributed by atoms with van der Waals surface area (Å²) < 4.78 is 0. The summed E-state index contributed by atoms with van der Waals surface area (Å²) in [7, 11) is 0. The Kier molecular flexibility index (Phi) is 2.51. The molecule has 0 aliphatic heterocycles. The van der Waals surface area contributed by atoms with Gasteiger partial charge in [0.05, 0.1) is 0 Å². The molecule has 0 aromatic heterocycles. The van der Waals surface area contributed by atoms with E-state index in [2.05, 4.69) is 43.3 Å². The van der Waals surface area contributed by atoms with Crippen LogP contribution in [-0.2, 0) is 13.0 Å². The Balaban J connectivity index is 2.70. The number of fused-ring (bicyclic) bond motifs is 1. The second-order valence-electron chi connectivity index (χ2n) is 3.53. The van der Waals surface area contributed by atoms with Gasteiger partial charge in [-0.1, -0.05) is 43.3 Å². The van der Waals surface area contributed by atoms with Gasteiger partial charge in [0.15, 0.2) is 0 Å². The van der Waals surface area contributed by atoms with Crippen LogP contribution in [0, 0.1) is 0 Å². The summed E-state index contributed by atoms with van der Waals surface area (Å²) in [6.45, 7) is 2.79. The molecule has 2 aromatic rings. The third-order valence-corrected chi connectivity index (χ3v) is 2.67. The Morgan fingerprint density at radius 2 is 2.00 bits per heavy atom. The lowest BCUT2D eigenvalue weighted by Gasteiger charge is -2.05. The van der Waals surface area contributed by atoms with Gasteiger partial charge in [-0.3, -0.25) is 0 Å². The molecule has 0 amide bonds. The summed E-state index contributed by atoms with van der Waals surface area (Å²) in [5, 5.41) is 2.58. The molecule has 2 rings (SSSR count). The van der Waals surface area contributed by atoms with Crippen molar-refractivity contribution in [1.29, 1.82) is 0 Å². The van der Waals surface area contributed by atoms with Crippen molar-refractivity contribution in [3.05, 3.63) is 47.5 Å². The molecule has 0 bridgehead atoms. The molecule has 0 radical (unpaired) electrons. The topological polar surface area (TPSA) is 26.0 Å². The molecule has 1 nitrogen and oxygen atoms in total. The maximum absolute atomic E-state index is 5.71. The fourth-order valence-corrected chi connectivity index (χ4v) is 1.78. The quantitative estimate of drug-likeness (QED) is 0.765. The van der Waals surface area contributed by atoms with Crippen molar-refractivity contribution in [2.45, 2.75) is 19.9 Å². The van der Waals surface area contributed by atoms with Crippen LogP contribution in [0.2, 0.25) is 0 Å². The summed E-state index contributed by atoms with van der Waals surface area (Å²) >= 11 is 0. The SMILES string of the molecule is CCc1ccc2cccc(CN)c2c1. The standard InChI is InChI=1S/C13H15N/c1-2-10-6-7-11-4-3-5-12(9-14)13(11)8-10/h3-8H,2,9,14H2,1H3. The maximum Gasteiger partial charge on any atom is 0.0184 e. The largest absolute Gasteiger partial charge is 0.326 e. The molecule has 2 N–H and O–H groups in total. The monoisotopic (exact) mass is 185 g/mol. The molecule has 0 fully saturated rings. The first-order valence-corrected chi connectivity index (χ1v) is 5.05. The zero-order valence-corrected chi connectivity index (χ0v) is 8.46. The minimum absolute atomic E-state index is 0.616.